The molecule has 0 unspecified atom stereocenters. The number of rotatable bonds is 4. The van der Waals surface area contributed by atoms with Gasteiger partial charge in [-0.15, -0.1) is 0 Å². The first-order chi connectivity index (χ1) is 7.88. The van der Waals surface area contributed by atoms with Gasteiger partial charge in [0.1, 0.15) is 11.6 Å². The van der Waals surface area contributed by atoms with Crippen LogP contribution in [-0.2, 0) is 16.6 Å². The van der Waals surface area contributed by atoms with Crippen LogP contribution in [0.15, 0.2) is 18.2 Å². The molecule has 1 aliphatic carbocycles. The van der Waals surface area contributed by atoms with Crippen LogP contribution in [0.25, 0.3) is 0 Å². The van der Waals surface area contributed by atoms with Gasteiger partial charge in [0.2, 0.25) is 10.0 Å². The summed E-state index contributed by atoms with van der Waals surface area (Å²) >= 11 is 0. The first kappa shape index (κ1) is 12.4. The minimum atomic E-state index is -3.35. The summed E-state index contributed by atoms with van der Waals surface area (Å²) in [5, 5.41) is 0. The Morgan fingerprint density at radius 1 is 1.35 bits per heavy atom. The second-order valence-electron chi connectivity index (χ2n) is 4.28. The fourth-order valence-electron chi connectivity index (χ4n) is 1.70. The zero-order valence-electron chi connectivity index (χ0n) is 9.36. The third kappa shape index (κ3) is 3.01. The average Bonchev–Trinajstić information content (AvgIpc) is 2.98. The summed E-state index contributed by atoms with van der Waals surface area (Å²) in [4.78, 5) is 0. The summed E-state index contributed by atoms with van der Waals surface area (Å²) in [6.07, 6.45) is 2.71. The van der Waals surface area contributed by atoms with Gasteiger partial charge >= 0.3 is 0 Å². The first-order valence-corrected chi connectivity index (χ1v) is 7.13. The van der Waals surface area contributed by atoms with Gasteiger partial charge in [-0.2, -0.15) is 4.31 Å². The largest absolute Gasteiger partial charge is 0.212 e. The molecule has 0 spiro atoms. The van der Waals surface area contributed by atoms with E-state index in [9.17, 15) is 17.2 Å². The van der Waals surface area contributed by atoms with Crippen LogP contribution in [0, 0.1) is 11.6 Å². The van der Waals surface area contributed by atoms with Crippen LogP contribution in [0.4, 0.5) is 8.78 Å². The predicted octanol–water partition coefficient (Wildman–Crippen LogP) is 1.89. The van der Waals surface area contributed by atoms with Crippen LogP contribution < -0.4 is 0 Å². The molecule has 17 heavy (non-hydrogen) atoms. The van der Waals surface area contributed by atoms with Crippen molar-refractivity contribution in [3.8, 4) is 0 Å². The van der Waals surface area contributed by atoms with Gasteiger partial charge in [-0.3, -0.25) is 0 Å². The van der Waals surface area contributed by atoms with Crippen LogP contribution in [0.3, 0.4) is 0 Å². The number of nitrogens with zero attached hydrogens (tertiary/aromatic N) is 1. The minimum absolute atomic E-state index is 0.0321. The van der Waals surface area contributed by atoms with Crippen molar-refractivity contribution >= 4 is 10.0 Å². The highest BCUT2D eigenvalue weighted by Gasteiger charge is 2.35. The zero-order valence-corrected chi connectivity index (χ0v) is 10.2. The molecule has 1 fully saturated rings. The lowest BCUT2D eigenvalue weighted by atomic mass is 10.2. The molecule has 94 valence electrons. The molecule has 1 saturated carbocycles. The fraction of sp³-hybridized carbons (Fsp3) is 0.455. The molecule has 0 heterocycles. The highest BCUT2D eigenvalue weighted by Crippen LogP contribution is 2.30. The van der Waals surface area contributed by atoms with E-state index in [4.69, 9.17) is 0 Å². The molecule has 3 nitrogen and oxygen atoms in total. The highest BCUT2D eigenvalue weighted by atomic mass is 32.2. The smallest absolute Gasteiger partial charge is 0.211 e. The minimum Gasteiger partial charge on any atom is -0.212 e. The van der Waals surface area contributed by atoms with Gasteiger partial charge in [0.05, 0.1) is 6.26 Å². The Morgan fingerprint density at radius 2 is 2.00 bits per heavy atom. The summed E-state index contributed by atoms with van der Waals surface area (Å²) in [7, 11) is -3.35. The summed E-state index contributed by atoms with van der Waals surface area (Å²) in [5.41, 5.74) is 0.198. The monoisotopic (exact) mass is 261 g/mol. The molecule has 0 saturated heterocycles. The van der Waals surface area contributed by atoms with Gasteiger partial charge in [0.25, 0.3) is 0 Å². The van der Waals surface area contributed by atoms with Gasteiger partial charge in [0, 0.05) is 24.2 Å². The second-order valence-corrected chi connectivity index (χ2v) is 6.21. The number of hydrogen-bond acceptors (Lipinski definition) is 2. The zero-order chi connectivity index (χ0) is 12.6. The van der Waals surface area contributed by atoms with E-state index < -0.39 is 21.7 Å². The molecule has 0 atom stereocenters. The summed E-state index contributed by atoms with van der Waals surface area (Å²) < 4.78 is 50.5. The van der Waals surface area contributed by atoms with Crippen LogP contribution in [0.2, 0.25) is 0 Å². The average molecular weight is 261 g/mol. The topological polar surface area (TPSA) is 37.4 Å². The second kappa shape index (κ2) is 4.34. The molecular weight excluding hydrogens is 248 g/mol. The van der Waals surface area contributed by atoms with Gasteiger partial charge in [-0.1, -0.05) is 6.07 Å². The van der Waals surface area contributed by atoms with E-state index in [0.29, 0.717) is 0 Å². The van der Waals surface area contributed by atoms with Gasteiger partial charge < -0.3 is 0 Å². The molecule has 2 rings (SSSR count). The molecular formula is C11H13F2NO2S. The Kier molecular flexibility index (Phi) is 3.18. The molecule has 1 aromatic carbocycles. The number of hydrogen-bond donors (Lipinski definition) is 0. The third-order valence-corrected chi connectivity index (χ3v) is 4.00. The Labute approximate surface area is 99.1 Å². The van der Waals surface area contributed by atoms with Crippen molar-refractivity contribution < 1.29 is 17.2 Å². The van der Waals surface area contributed by atoms with E-state index >= 15 is 0 Å². The third-order valence-electron chi connectivity index (χ3n) is 2.72. The normalized spacial score (nSPS) is 16.5. The molecule has 0 bridgehead atoms. The van der Waals surface area contributed by atoms with Crippen molar-refractivity contribution in [2.75, 3.05) is 6.26 Å². The van der Waals surface area contributed by atoms with Gasteiger partial charge in [-0.25, -0.2) is 17.2 Å². The lowest BCUT2D eigenvalue weighted by Gasteiger charge is -2.19. The van der Waals surface area contributed by atoms with Crippen molar-refractivity contribution in [2.45, 2.75) is 25.4 Å². The maximum absolute atomic E-state index is 13.4. The van der Waals surface area contributed by atoms with Crippen LogP contribution in [0.5, 0.6) is 0 Å². The van der Waals surface area contributed by atoms with Crippen LogP contribution >= 0.6 is 0 Å². The number of sulfonamides is 1. The lowest BCUT2D eigenvalue weighted by molar-refractivity contribution is 0.394. The van der Waals surface area contributed by atoms with E-state index in [2.05, 4.69) is 0 Å². The standard InChI is InChI=1S/C11H13F2NO2S/c1-17(15,16)14(10-4-5-10)7-8-2-3-9(12)6-11(8)13/h2-3,6,10H,4-5,7H2,1H3. The Balaban J connectivity index is 2.23. The van der Waals surface area contributed by atoms with Crippen molar-refractivity contribution in [3.63, 3.8) is 0 Å². The van der Waals surface area contributed by atoms with Crippen molar-refractivity contribution in [2.24, 2.45) is 0 Å². The molecule has 0 radical (unpaired) electrons. The first-order valence-electron chi connectivity index (χ1n) is 5.28. The Morgan fingerprint density at radius 3 is 2.47 bits per heavy atom. The molecule has 1 aromatic rings. The van der Waals surface area contributed by atoms with Crippen LogP contribution in [0.1, 0.15) is 18.4 Å². The van der Waals surface area contributed by atoms with Crippen molar-refractivity contribution in [1.82, 2.24) is 4.31 Å². The Bertz CT molecular complexity index is 526. The van der Waals surface area contributed by atoms with E-state index in [1.165, 1.54) is 10.4 Å². The number of benzene rings is 1. The van der Waals surface area contributed by atoms with Crippen molar-refractivity contribution in [1.29, 1.82) is 0 Å². The van der Waals surface area contributed by atoms with Gasteiger partial charge in [-0.05, 0) is 18.9 Å². The van der Waals surface area contributed by atoms with Crippen LogP contribution in [-0.4, -0.2) is 25.0 Å². The van der Waals surface area contributed by atoms with Crippen molar-refractivity contribution in [3.05, 3.63) is 35.4 Å². The van der Waals surface area contributed by atoms with E-state index in [1.807, 2.05) is 0 Å². The predicted molar refractivity (Wildman–Crippen MR) is 59.8 cm³/mol. The molecule has 0 aliphatic heterocycles. The maximum Gasteiger partial charge on any atom is 0.211 e. The number of halogens is 2. The van der Waals surface area contributed by atoms with E-state index in [0.717, 1.165) is 31.2 Å². The van der Waals surface area contributed by atoms with E-state index in [-0.39, 0.29) is 18.2 Å². The summed E-state index contributed by atoms with van der Waals surface area (Å²) in [6, 6.07) is 3.15. The molecule has 0 amide bonds. The quantitative estimate of drug-likeness (QED) is 0.830. The fourth-order valence-corrected chi connectivity index (χ4v) is 2.82. The lowest BCUT2D eigenvalue weighted by Crippen LogP contribution is -2.31. The summed E-state index contributed by atoms with van der Waals surface area (Å²) in [5.74, 6) is -1.37. The van der Waals surface area contributed by atoms with E-state index in [1.54, 1.807) is 0 Å². The SMILES string of the molecule is CS(=O)(=O)N(Cc1ccc(F)cc1F)C1CC1. The molecule has 1 aliphatic rings. The Hall–Kier alpha value is -1.01. The molecule has 6 heteroatoms. The van der Waals surface area contributed by atoms with Gasteiger partial charge in [0.15, 0.2) is 0 Å². The molecule has 0 aromatic heterocycles. The summed E-state index contributed by atoms with van der Waals surface area (Å²) in [6.45, 7) is -0.0321. The molecule has 0 N–H and O–H groups in total. The highest BCUT2D eigenvalue weighted by molar-refractivity contribution is 7.88. The maximum atomic E-state index is 13.4.